The van der Waals surface area contributed by atoms with Crippen LogP contribution in [0.2, 0.25) is 0 Å². The molecule has 0 aliphatic rings. The summed E-state index contributed by atoms with van der Waals surface area (Å²) < 4.78 is 0.879. The topological polar surface area (TPSA) is 65.7 Å². The smallest absolute Gasteiger partial charge is 0.0413 e. The summed E-state index contributed by atoms with van der Waals surface area (Å²) in [7, 11) is 0. The lowest BCUT2D eigenvalue weighted by Crippen LogP contribution is -1.84. The van der Waals surface area contributed by atoms with E-state index in [0.717, 1.165) is 10.0 Å². The average Bonchev–Trinajstić information content (AvgIpc) is 2.56. The second-order valence-electron chi connectivity index (χ2n) is 2.09. The number of nitrogens with zero attached hydrogens (tertiary/aromatic N) is 5. The summed E-state index contributed by atoms with van der Waals surface area (Å²) in [5.41, 5.74) is 0.800. The predicted molar refractivity (Wildman–Crippen MR) is 44.1 cm³/mol. The van der Waals surface area contributed by atoms with Gasteiger partial charge in [0, 0.05) is 28.3 Å². The summed E-state index contributed by atoms with van der Waals surface area (Å²) in [6.45, 7) is 0. The molecule has 2 heterocycles. The Labute approximate surface area is 76.3 Å². The van der Waals surface area contributed by atoms with Crippen molar-refractivity contribution in [2.45, 2.75) is 0 Å². The Balaban J connectivity index is 2.48. The molecule has 0 aliphatic heterocycles. The van der Waals surface area contributed by atoms with Gasteiger partial charge in [-0.05, 0) is 22.0 Å². The predicted octanol–water partition coefficient (Wildman–Crippen LogP) is 0.653. The highest BCUT2D eigenvalue weighted by Gasteiger charge is 1.95. The third-order valence-corrected chi connectivity index (χ3v) is 1.72. The summed E-state index contributed by atoms with van der Waals surface area (Å²) in [4.78, 5) is 3.96. The standard InChI is InChI=1S/C6H3BrN5/c7-5-1-4(2-8-3-5)6-9-11-12-10-6/h1-3H/q-1. The number of rotatable bonds is 1. The van der Waals surface area contributed by atoms with Gasteiger partial charge in [-0.1, -0.05) is 0 Å². The maximum Gasteiger partial charge on any atom is 0.0413 e. The van der Waals surface area contributed by atoms with Crippen LogP contribution >= 0.6 is 15.9 Å². The van der Waals surface area contributed by atoms with Crippen molar-refractivity contribution in [3.05, 3.63) is 22.9 Å². The zero-order valence-corrected chi connectivity index (χ0v) is 7.43. The van der Waals surface area contributed by atoms with E-state index >= 15 is 0 Å². The molecule has 0 fully saturated rings. The Hall–Kier alpha value is -1.30. The van der Waals surface area contributed by atoms with Gasteiger partial charge < -0.3 is 5.10 Å². The molecule has 60 valence electrons. The number of tetrazole rings is 1. The van der Waals surface area contributed by atoms with Gasteiger partial charge in [0.2, 0.25) is 0 Å². The number of halogens is 1. The number of aromatic nitrogens is 5. The quantitative estimate of drug-likeness (QED) is 0.712. The van der Waals surface area contributed by atoms with Crippen molar-refractivity contribution in [3.8, 4) is 11.4 Å². The fraction of sp³-hybridized carbons (Fsp3) is 0. The van der Waals surface area contributed by atoms with Crippen molar-refractivity contribution in [3.63, 3.8) is 0 Å². The van der Waals surface area contributed by atoms with Crippen LogP contribution in [-0.2, 0) is 0 Å². The Kier molecular flexibility index (Phi) is 1.83. The molecule has 0 N–H and O–H groups in total. The summed E-state index contributed by atoms with van der Waals surface area (Å²) >= 11 is 3.29. The zero-order chi connectivity index (χ0) is 8.39. The summed E-state index contributed by atoms with van der Waals surface area (Å²) in [6.07, 6.45) is 3.34. The molecule has 0 saturated carbocycles. The van der Waals surface area contributed by atoms with Crippen molar-refractivity contribution in [1.82, 2.24) is 25.6 Å². The molecule has 0 spiro atoms. The largest absolute Gasteiger partial charge is 0.330 e. The summed E-state index contributed by atoms with van der Waals surface area (Å²) in [5.74, 6) is 0.490. The lowest BCUT2D eigenvalue weighted by atomic mass is 10.3. The van der Waals surface area contributed by atoms with E-state index in [1.54, 1.807) is 12.4 Å². The molecule has 0 saturated heterocycles. The van der Waals surface area contributed by atoms with Crippen LogP contribution < -0.4 is 5.10 Å². The van der Waals surface area contributed by atoms with Gasteiger partial charge >= 0.3 is 0 Å². The highest BCUT2D eigenvalue weighted by atomic mass is 79.9. The van der Waals surface area contributed by atoms with Crippen molar-refractivity contribution in [2.24, 2.45) is 0 Å². The molecule has 2 rings (SSSR count). The molecule has 0 aliphatic carbocycles. The second kappa shape index (κ2) is 2.98. The second-order valence-corrected chi connectivity index (χ2v) is 3.01. The minimum absolute atomic E-state index is 0.490. The van der Waals surface area contributed by atoms with Crippen LogP contribution in [0.5, 0.6) is 0 Å². The fourth-order valence-corrected chi connectivity index (χ4v) is 1.16. The average molecular weight is 225 g/mol. The van der Waals surface area contributed by atoms with Gasteiger partial charge in [0.15, 0.2) is 0 Å². The monoisotopic (exact) mass is 224 g/mol. The lowest BCUT2D eigenvalue weighted by molar-refractivity contribution is 0.871. The van der Waals surface area contributed by atoms with Crippen LogP contribution in [0.3, 0.4) is 0 Å². The SMILES string of the molecule is Brc1cncc(-c2nnn[n-]2)c1. The molecule has 0 amide bonds. The Morgan fingerprint density at radius 2 is 2.25 bits per heavy atom. The van der Waals surface area contributed by atoms with Gasteiger partial charge in [-0.25, -0.2) is 0 Å². The van der Waals surface area contributed by atoms with Crippen LogP contribution in [-0.4, -0.2) is 20.5 Å². The third-order valence-electron chi connectivity index (χ3n) is 1.28. The summed E-state index contributed by atoms with van der Waals surface area (Å²) in [5, 5.41) is 14.1. The van der Waals surface area contributed by atoms with E-state index in [1.165, 1.54) is 0 Å². The Morgan fingerprint density at radius 3 is 2.92 bits per heavy atom. The number of hydrogen-bond acceptors (Lipinski definition) is 4. The minimum atomic E-state index is 0.490. The van der Waals surface area contributed by atoms with E-state index in [1.807, 2.05) is 6.07 Å². The molecule has 0 aromatic carbocycles. The first kappa shape index (κ1) is 7.35. The van der Waals surface area contributed by atoms with E-state index in [-0.39, 0.29) is 0 Å². The molecule has 6 heteroatoms. The van der Waals surface area contributed by atoms with Gasteiger partial charge in [0.05, 0.1) is 0 Å². The maximum atomic E-state index is 3.96. The Morgan fingerprint density at radius 1 is 1.33 bits per heavy atom. The molecule has 2 aromatic heterocycles. The molecule has 5 nitrogen and oxygen atoms in total. The first-order valence-electron chi connectivity index (χ1n) is 3.16. The van der Waals surface area contributed by atoms with Gasteiger partial charge in [0.25, 0.3) is 0 Å². The fourth-order valence-electron chi connectivity index (χ4n) is 0.794. The van der Waals surface area contributed by atoms with Crippen LogP contribution in [0.4, 0.5) is 0 Å². The van der Waals surface area contributed by atoms with Crippen molar-refractivity contribution in [1.29, 1.82) is 0 Å². The molecular formula is C6H3BrN5-. The Bertz CT molecular complexity index is 371. The molecule has 0 atom stereocenters. The van der Waals surface area contributed by atoms with Crippen molar-refractivity contribution < 1.29 is 0 Å². The lowest BCUT2D eigenvalue weighted by Gasteiger charge is -1.98. The highest BCUT2D eigenvalue weighted by Crippen LogP contribution is 2.16. The van der Waals surface area contributed by atoms with E-state index in [2.05, 4.69) is 41.5 Å². The van der Waals surface area contributed by atoms with E-state index in [4.69, 9.17) is 0 Å². The van der Waals surface area contributed by atoms with Gasteiger partial charge in [-0.15, -0.1) is 0 Å². The molecule has 2 aromatic rings. The van der Waals surface area contributed by atoms with Crippen LogP contribution in [0, 0.1) is 0 Å². The molecule has 0 bridgehead atoms. The summed E-state index contributed by atoms with van der Waals surface area (Å²) in [6, 6.07) is 1.85. The third kappa shape index (κ3) is 1.33. The molecule has 0 radical (unpaired) electrons. The van der Waals surface area contributed by atoms with E-state index in [9.17, 15) is 0 Å². The van der Waals surface area contributed by atoms with Crippen LogP contribution in [0.15, 0.2) is 22.9 Å². The minimum Gasteiger partial charge on any atom is -0.330 e. The highest BCUT2D eigenvalue weighted by molar-refractivity contribution is 9.10. The van der Waals surface area contributed by atoms with Crippen molar-refractivity contribution >= 4 is 15.9 Å². The van der Waals surface area contributed by atoms with Gasteiger partial charge in [-0.3, -0.25) is 15.3 Å². The van der Waals surface area contributed by atoms with Gasteiger partial charge in [0.1, 0.15) is 0 Å². The zero-order valence-electron chi connectivity index (χ0n) is 5.85. The first-order chi connectivity index (χ1) is 5.86. The van der Waals surface area contributed by atoms with E-state index in [0.29, 0.717) is 5.82 Å². The first-order valence-corrected chi connectivity index (χ1v) is 3.95. The molecule has 12 heavy (non-hydrogen) atoms. The van der Waals surface area contributed by atoms with Gasteiger partial charge in [-0.2, -0.15) is 5.21 Å². The normalized spacial score (nSPS) is 10.1. The van der Waals surface area contributed by atoms with Crippen molar-refractivity contribution in [2.75, 3.05) is 0 Å². The van der Waals surface area contributed by atoms with Crippen LogP contribution in [0.25, 0.3) is 11.4 Å². The number of pyridine rings is 1. The number of hydrogen-bond donors (Lipinski definition) is 0. The maximum absolute atomic E-state index is 3.96. The molecule has 0 unspecified atom stereocenters. The van der Waals surface area contributed by atoms with E-state index < -0.39 is 0 Å². The molecular weight excluding hydrogens is 222 g/mol. The van der Waals surface area contributed by atoms with Crippen LogP contribution in [0.1, 0.15) is 0 Å².